The highest BCUT2D eigenvalue weighted by Crippen LogP contribution is 2.27. The second-order valence-corrected chi connectivity index (χ2v) is 7.22. The number of rotatable bonds is 6. The largest absolute Gasteiger partial charge is 0.478 e. The molecule has 1 aromatic rings. The van der Waals surface area contributed by atoms with Crippen molar-refractivity contribution >= 4 is 35.1 Å². The molecule has 0 radical (unpaired) electrons. The summed E-state index contributed by atoms with van der Waals surface area (Å²) < 4.78 is 15.5. The zero-order valence-corrected chi connectivity index (χ0v) is 16.8. The van der Waals surface area contributed by atoms with Gasteiger partial charge in [-0.15, -0.1) is 0 Å². The van der Waals surface area contributed by atoms with Crippen molar-refractivity contribution in [1.29, 1.82) is 0 Å². The molecule has 0 unspecified atom stereocenters. The average Bonchev–Trinajstić information content (AvgIpc) is 2.69. The van der Waals surface area contributed by atoms with Crippen LogP contribution in [0.2, 0.25) is 5.02 Å². The summed E-state index contributed by atoms with van der Waals surface area (Å²) in [5.74, 6) is -2.82. The Morgan fingerprint density at radius 2 is 2.00 bits per heavy atom. The molecule has 9 nitrogen and oxygen atoms in total. The van der Waals surface area contributed by atoms with Crippen LogP contribution < -0.4 is 4.90 Å². The van der Waals surface area contributed by atoms with Crippen LogP contribution in [0.1, 0.15) is 12.5 Å². The van der Waals surface area contributed by atoms with E-state index in [1.54, 1.807) is 12.1 Å². The zero-order valence-electron chi connectivity index (χ0n) is 16.0. The summed E-state index contributed by atoms with van der Waals surface area (Å²) in [7, 11) is 0. The van der Waals surface area contributed by atoms with Gasteiger partial charge in [0.15, 0.2) is 6.10 Å². The lowest BCUT2D eigenvalue weighted by Crippen LogP contribution is -2.55. The van der Waals surface area contributed by atoms with E-state index in [1.165, 1.54) is 4.90 Å². The molecule has 2 heterocycles. The predicted octanol–water partition coefficient (Wildman–Crippen LogP) is 0.920. The minimum atomic E-state index is -1.71. The summed E-state index contributed by atoms with van der Waals surface area (Å²) in [5, 5.41) is 9.93. The fourth-order valence-corrected chi connectivity index (χ4v) is 3.53. The maximum absolute atomic E-state index is 12.9. The van der Waals surface area contributed by atoms with E-state index in [2.05, 4.69) is 4.90 Å². The van der Waals surface area contributed by atoms with E-state index in [4.69, 9.17) is 25.8 Å². The Morgan fingerprint density at radius 3 is 2.66 bits per heavy atom. The number of nitrogens with zero attached hydrogens (tertiary/aromatic N) is 2. The lowest BCUT2D eigenvalue weighted by atomic mass is 10.1. The molecular formula is C19H23ClN2O7. The number of morpholine rings is 2. The van der Waals surface area contributed by atoms with Crippen molar-refractivity contribution in [2.45, 2.75) is 25.7 Å². The molecule has 2 saturated heterocycles. The first-order valence-corrected chi connectivity index (χ1v) is 9.66. The Hall–Kier alpha value is -2.20. The summed E-state index contributed by atoms with van der Waals surface area (Å²) in [6, 6.07) is 5.23. The van der Waals surface area contributed by atoms with E-state index in [0.717, 1.165) is 25.6 Å². The first-order chi connectivity index (χ1) is 13.9. The summed E-state index contributed by atoms with van der Waals surface area (Å²) in [5.41, 5.74) is 1.44. The average molecular weight is 427 g/mol. The van der Waals surface area contributed by atoms with E-state index >= 15 is 0 Å². The lowest BCUT2D eigenvalue weighted by molar-refractivity contribution is -0.177. The van der Waals surface area contributed by atoms with Crippen LogP contribution in [-0.2, 0) is 35.1 Å². The van der Waals surface area contributed by atoms with Crippen molar-refractivity contribution in [2.24, 2.45) is 0 Å². The number of halogens is 1. The summed E-state index contributed by atoms with van der Waals surface area (Å²) in [4.78, 5) is 39.3. The quantitative estimate of drug-likeness (QED) is 0.669. The molecule has 2 aliphatic rings. The molecule has 2 atom stereocenters. The number of aliphatic carboxylic acids is 1. The number of amides is 1. The van der Waals surface area contributed by atoms with Gasteiger partial charge < -0.3 is 24.2 Å². The monoisotopic (exact) mass is 426 g/mol. The fraction of sp³-hybridized carbons (Fsp3) is 0.526. The number of benzene rings is 1. The number of hydrogen-bond acceptors (Lipinski definition) is 7. The van der Waals surface area contributed by atoms with Crippen molar-refractivity contribution in [3.05, 3.63) is 28.8 Å². The van der Waals surface area contributed by atoms with Gasteiger partial charge in [0, 0.05) is 43.8 Å². The molecule has 158 valence electrons. The van der Waals surface area contributed by atoms with Crippen LogP contribution in [-0.4, -0.2) is 79.5 Å². The van der Waals surface area contributed by atoms with E-state index in [0.29, 0.717) is 30.5 Å². The number of carbonyl (C=O) groups is 3. The maximum Gasteiger partial charge on any atom is 0.348 e. The smallest absolute Gasteiger partial charge is 0.348 e. The maximum atomic E-state index is 12.9. The molecule has 10 heteroatoms. The number of anilines is 1. The molecule has 0 aliphatic carbocycles. The van der Waals surface area contributed by atoms with E-state index in [1.807, 2.05) is 6.07 Å². The highest BCUT2D eigenvalue weighted by Gasteiger charge is 2.42. The van der Waals surface area contributed by atoms with E-state index in [-0.39, 0.29) is 13.2 Å². The van der Waals surface area contributed by atoms with Crippen molar-refractivity contribution < 1.29 is 33.7 Å². The minimum absolute atomic E-state index is 0.114. The van der Waals surface area contributed by atoms with Crippen LogP contribution in [0.4, 0.5) is 5.69 Å². The molecule has 0 aromatic heterocycles. The molecule has 29 heavy (non-hydrogen) atoms. The Bertz CT molecular complexity index is 782. The first kappa shape index (κ1) is 21.5. The van der Waals surface area contributed by atoms with Gasteiger partial charge in [-0.2, -0.15) is 0 Å². The third-order valence-corrected chi connectivity index (χ3v) is 5.14. The van der Waals surface area contributed by atoms with Crippen LogP contribution in [0.5, 0.6) is 0 Å². The van der Waals surface area contributed by atoms with Crippen molar-refractivity contribution in [1.82, 2.24) is 4.90 Å². The number of ether oxygens (including phenoxy) is 3. The highest BCUT2D eigenvalue weighted by molar-refractivity contribution is 6.31. The molecule has 1 N–H and O–H groups in total. The second-order valence-electron chi connectivity index (χ2n) is 6.81. The SMILES string of the molecule is CC(=O)O[C@@H](C(=O)O)[C@H]1OCCN(c2ccc(Cl)c(CN3CCOCC3)c2)C1=O. The molecule has 0 bridgehead atoms. The molecule has 2 aliphatic heterocycles. The molecular weight excluding hydrogens is 404 g/mol. The van der Waals surface area contributed by atoms with Gasteiger partial charge in [-0.1, -0.05) is 11.6 Å². The van der Waals surface area contributed by atoms with Crippen LogP contribution in [0.15, 0.2) is 18.2 Å². The Morgan fingerprint density at radius 1 is 1.28 bits per heavy atom. The van der Waals surface area contributed by atoms with Crippen LogP contribution in [0.25, 0.3) is 0 Å². The molecule has 2 fully saturated rings. The molecule has 0 spiro atoms. The minimum Gasteiger partial charge on any atom is -0.478 e. The number of carboxylic acid groups (broad SMARTS) is 1. The van der Waals surface area contributed by atoms with Gasteiger partial charge in [0.25, 0.3) is 5.91 Å². The van der Waals surface area contributed by atoms with Crippen molar-refractivity contribution in [3.8, 4) is 0 Å². The van der Waals surface area contributed by atoms with Gasteiger partial charge in [-0.25, -0.2) is 4.79 Å². The van der Waals surface area contributed by atoms with E-state index < -0.39 is 30.1 Å². The van der Waals surface area contributed by atoms with Crippen molar-refractivity contribution in [3.63, 3.8) is 0 Å². The second kappa shape index (κ2) is 9.53. The topological polar surface area (TPSA) is 106 Å². The summed E-state index contributed by atoms with van der Waals surface area (Å²) >= 11 is 6.35. The molecule has 1 aromatic carbocycles. The zero-order chi connectivity index (χ0) is 21.0. The van der Waals surface area contributed by atoms with Gasteiger partial charge >= 0.3 is 11.9 Å². The molecule has 3 rings (SSSR count). The van der Waals surface area contributed by atoms with Gasteiger partial charge in [-0.3, -0.25) is 14.5 Å². The normalized spacial score (nSPS) is 21.7. The summed E-state index contributed by atoms with van der Waals surface area (Å²) in [6.07, 6.45) is -3.12. The summed E-state index contributed by atoms with van der Waals surface area (Å²) in [6.45, 7) is 4.97. The highest BCUT2D eigenvalue weighted by atomic mass is 35.5. The first-order valence-electron chi connectivity index (χ1n) is 9.28. The van der Waals surface area contributed by atoms with Crippen molar-refractivity contribution in [2.75, 3.05) is 44.4 Å². The lowest BCUT2D eigenvalue weighted by Gasteiger charge is -2.35. The Balaban J connectivity index is 1.80. The number of esters is 1. The predicted molar refractivity (Wildman–Crippen MR) is 103 cm³/mol. The van der Waals surface area contributed by atoms with Gasteiger partial charge in [-0.05, 0) is 23.8 Å². The Kier molecular flexibility index (Phi) is 7.07. The van der Waals surface area contributed by atoms with Crippen LogP contribution >= 0.6 is 11.6 Å². The standard InChI is InChI=1S/C19H23ClN2O7/c1-12(23)29-17(19(25)26)16-18(24)22(6-9-28-16)14-2-3-15(20)13(10-14)11-21-4-7-27-8-5-21/h2-3,10,16-17H,4-9,11H2,1H3,(H,25,26)/t16-,17-/m1/s1. The third-order valence-electron chi connectivity index (χ3n) is 4.77. The Labute approximate surface area is 173 Å². The van der Waals surface area contributed by atoms with Crippen LogP contribution in [0, 0.1) is 0 Å². The number of hydrogen-bond donors (Lipinski definition) is 1. The number of carbonyl (C=O) groups excluding carboxylic acids is 2. The number of carboxylic acids is 1. The fourth-order valence-electron chi connectivity index (χ4n) is 3.35. The molecule has 1 amide bonds. The van der Waals surface area contributed by atoms with E-state index in [9.17, 15) is 19.5 Å². The van der Waals surface area contributed by atoms with Gasteiger partial charge in [0.1, 0.15) is 0 Å². The third kappa shape index (κ3) is 5.24. The van der Waals surface area contributed by atoms with Gasteiger partial charge in [0.05, 0.1) is 19.8 Å². The van der Waals surface area contributed by atoms with Gasteiger partial charge in [0.2, 0.25) is 6.10 Å². The molecule has 0 saturated carbocycles. The van der Waals surface area contributed by atoms with Crippen LogP contribution in [0.3, 0.4) is 0 Å².